The summed E-state index contributed by atoms with van der Waals surface area (Å²) in [5.41, 5.74) is 10.4. The normalized spacial score (nSPS) is 18.3. The van der Waals surface area contributed by atoms with E-state index in [4.69, 9.17) is 5.73 Å². The van der Waals surface area contributed by atoms with E-state index >= 15 is 0 Å². The van der Waals surface area contributed by atoms with Crippen molar-refractivity contribution in [2.24, 2.45) is 5.16 Å². The zero-order valence-electron chi connectivity index (χ0n) is 15.5. The number of aromatic nitrogens is 2. The fourth-order valence-corrected chi connectivity index (χ4v) is 4.00. The Kier molecular flexibility index (Phi) is 4.89. The molecule has 4 rings (SSSR count). The van der Waals surface area contributed by atoms with E-state index in [9.17, 15) is 5.21 Å². The second-order valence-corrected chi connectivity index (χ2v) is 7.12. The molecule has 5 heteroatoms. The molecule has 1 aromatic heterocycles. The summed E-state index contributed by atoms with van der Waals surface area (Å²) in [5, 5.41) is 13.0. The lowest BCUT2D eigenvalue weighted by molar-refractivity contribution is 0.315. The first-order valence-corrected chi connectivity index (χ1v) is 9.30. The molecule has 0 saturated carbocycles. The van der Waals surface area contributed by atoms with Crippen molar-refractivity contribution in [1.29, 1.82) is 0 Å². The van der Waals surface area contributed by atoms with Crippen LogP contribution in [-0.2, 0) is 18.3 Å². The van der Waals surface area contributed by atoms with E-state index in [1.807, 2.05) is 42.5 Å². The Bertz CT molecular complexity index is 1020. The largest absolute Gasteiger partial charge is 0.411 e. The van der Waals surface area contributed by atoms with E-state index in [0.717, 1.165) is 28.1 Å². The van der Waals surface area contributed by atoms with Crippen molar-refractivity contribution in [3.05, 3.63) is 94.8 Å². The maximum Gasteiger partial charge on any atom is 0.220 e. The molecule has 140 valence electrons. The summed E-state index contributed by atoms with van der Waals surface area (Å²) in [7, 11) is 0. The summed E-state index contributed by atoms with van der Waals surface area (Å²) >= 11 is 0. The van der Waals surface area contributed by atoms with Gasteiger partial charge in [-0.1, -0.05) is 66.7 Å². The van der Waals surface area contributed by atoms with Gasteiger partial charge in [0.25, 0.3) is 0 Å². The average Bonchev–Trinajstić information content (AvgIpc) is 2.69. The molecule has 0 spiro atoms. The first-order chi connectivity index (χ1) is 13.7. The minimum Gasteiger partial charge on any atom is -0.411 e. The van der Waals surface area contributed by atoms with Crippen LogP contribution >= 0.6 is 0 Å². The van der Waals surface area contributed by atoms with Crippen LogP contribution < -0.4 is 5.73 Å². The Morgan fingerprint density at radius 1 is 1.00 bits per heavy atom. The van der Waals surface area contributed by atoms with Crippen LogP contribution in [0.1, 0.15) is 34.5 Å². The third kappa shape index (κ3) is 3.51. The molecule has 28 heavy (non-hydrogen) atoms. The molecule has 0 bridgehead atoms. The van der Waals surface area contributed by atoms with Gasteiger partial charge in [-0.05, 0) is 30.0 Å². The van der Waals surface area contributed by atoms with Crippen LogP contribution in [0.5, 0.6) is 0 Å². The van der Waals surface area contributed by atoms with E-state index in [2.05, 4.69) is 45.5 Å². The van der Waals surface area contributed by atoms with E-state index in [0.29, 0.717) is 19.3 Å². The smallest absolute Gasteiger partial charge is 0.220 e. The second-order valence-electron chi connectivity index (χ2n) is 7.12. The minimum atomic E-state index is -0.530. The number of rotatable bonds is 5. The van der Waals surface area contributed by atoms with E-state index in [1.165, 1.54) is 0 Å². The number of nitrogens with two attached hydrogens (primary N) is 1. The molecule has 1 unspecified atom stereocenters. The predicted octanol–water partition coefficient (Wildman–Crippen LogP) is 4.01. The molecule has 0 radical (unpaired) electrons. The SMILES string of the molecule is Nc1nc2c(c(Cc3ccccc3)n1)C(C=NO)(Cc1ccccc1)CC=C2. The van der Waals surface area contributed by atoms with Crippen molar-refractivity contribution in [2.45, 2.75) is 24.7 Å². The van der Waals surface area contributed by atoms with Crippen molar-refractivity contribution >= 4 is 18.2 Å². The monoisotopic (exact) mass is 370 g/mol. The molecule has 1 aliphatic rings. The third-order valence-electron chi connectivity index (χ3n) is 5.17. The van der Waals surface area contributed by atoms with Gasteiger partial charge in [0, 0.05) is 17.4 Å². The van der Waals surface area contributed by atoms with Crippen LogP contribution in [0.15, 0.2) is 71.9 Å². The third-order valence-corrected chi connectivity index (χ3v) is 5.17. The standard InChI is InChI=1S/C23H22N4O/c24-22-26-19-12-7-13-23(16-25-28,15-18-10-5-2-6-11-18)21(19)20(27-22)14-17-8-3-1-4-9-17/h1-12,16,28H,13-15H2,(H2,24,26,27). The molecule has 3 N–H and O–H groups in total. The first-order valence-electron chi connectivity index (χ1n) is 9.30. The Balaban J connectivity index is 1.87. The number of benzene rings is 2. The van der Waals surface area contributed by atoms with Crippen LogP contribution in [0.3, 0.4) is 0 Å². The summed E-state index contributed by atoms with van der Waals surface area (Å²) in [4.78, 5) is 9.06. The number of allylic oxidation sites excluding steroid dienone is 1. The number of anilines is 1. The zero-order chi connectivity index (χ0) is 19.4. The molecule has 0 aliphatic heterocycles. The number of oxime groups is 1. The second kappa shape index (κ2) is 7.64. The zero-order valence-corrected chi connectivity index (χ0v) is 15.5. The van der Waals surface area contributed by atoms with Gasteiger partial charge in [0.2, 0.25) is 5.95 Å². The maximum atomic E-state index is 9.50. The summed E-state index contributed by atoms with van der Waals surface area (Å²) in [6.45, 7) is 0. The topological polar surface area (TPSA) is 84.4 Å². The van der Waals surface area contributed by atoms with Crippen LogP contribution in [0, 0.1) is 0 Å². The molecule has 5 nitrogen and oxygen atoms in total. The van der Waals surface area contributed by atoms with Gasteiger partial charge in [-0.25, -0.2) is 9.97 Å². The molecule has 1 heterocycles. The number of hydrogen-bond donors (Lipinski definition) is 2. The first kappa shape index (κ1) is 17.9. The molecule has 1 aliphatic carbocycles. The summed E-state index contributed by atoms with van der Waals surface area (Å²) in [6, 6.07) is 20.4. The summed E-state index contributed by atoms with van der Waals surface area (Å²) in [5.74, 6) is 0.255. The Labute approximate surface area is 164 Å². The van der Waals surface area contributed by atoms with Gasteiger partial charge in [0.15, 0.2) is 0 Å². The van der Waals surface area contributed by atoms with Crippen molar-refractivity contribution in [3.8, 4) is 0 Å². The minimum absolute atomic E-state index is 0.255. The highest BCUT2D eigenvalue weighted by Crippen LogP contribution is 2.39. The molecule has 1 atom stereocenters. The average molecular weight is 370 g/mol. The molecule has 2 aromatic carbocycles. The lowest BCUT2D eigenvalue weighted by Crippen LogP contribution is -2.35. The van der Waals surface area contributed by atoms with E-state index in [1.54, 1.807) is 6.21 Å². The van der Waals surface area contributed by atoms with Crippen molar-refractivity contribution in [1.82, 2.24) is 9.97 Å². The highest BCUT2D eigenvalue weighted by molar-refractivity contribution is 5.79. The number of nitrogens with zero attached hydrogens (tertiary/aromatic N) is 3. The molecule has 0 saturated heterocycles. The summed E-state index contributed by atoms with van der Waals surface area (Å²) in [6.07, 6.45) is 7.69. The highest BCUT2D eigenvalue weighted by Gasteiger charge is 2.37. The quantitative estimate of drug-likeness (QED) is 0.404. The van der Waals surface area contributed by atoms with Gasteiger partial charge >= 0.3 is 0 Å². The van der Waals surface area contributed by atoms with E-state index < -0.39 is 5.41 Å². The lowest BCUT2D eigenvalue weighted by Gasteiger charge is -2.34. The van der Waals surface area contributed by atoms with Crippen LogP contribution in [0.25, 0.3) is 6.08 Å². The van der Waals surface area contributed by atoms with Gasteiger partial charge in [-0.2, -0.15) is 0 Å². The predicted molar refractivity (Wildman–Crippen MR) is 111 cm³/mol. The Morgan fingerprint density at radius 2 is 1.68 bits per heavy atom. The number of hydrogen-bond acceptors (Lipinski definition) is 5. The number of fused-ring (bicyclic) bond motifs is 1. The molecular weight excluding hydrogens is 348 g/mol. The molecule has 3 aromatic rings. The van der Waals surface area contributed by atoms with Crippen molar-refractivity contribution < 1.29 is 5.21 Å². The fourth-order valence-electron chi connectivity index (χ4n) is 4.00. The van der Waals surface area contributed by atoms with Crippen molar-refractivity contribution in [3.63, 3.8) is 0 Å². The van der Waals surface area contributed by atoms with Crippen LogP contribution in [0.4, 0.5) is 5.95 Å². The fraction of sp³-hybridized carbons (Fsp3) is 0.174. The van der Waals surface area contributed by atoms with Gasteiger partial charge in [0.1, 0.15) is 0 Å². The molecular formula is C23H22N4O. The maximum absolute atomic E-state index is 9.50. The number of nitrogen functional groups attached to an aromatic ring is 1. The van der Waals surface area contributed by atoms with E-state index in [-0.39, 0.29) is 5.95 Å². The van der Waals surface area contributed by atoms with Crippen LogP contribution in [0.2, 0.25) is 0 Å². The van der Waals surface area contributed by atoms with Gasteiger partial charge in [0.05, 0.1) is 17.6 Å². The highest BCUT2D eigenvalue weighted by atomic mass is 16.4. The Morgan fingerprint density at radius 3 is 2.36 bits per heavy atom. The molecule has 0 fully saturated rings. The van der Waals surface area contributed by atoms with Gasteiger partial charge in [-0.3, -0.25) is 0 Å². The van der Waals surface area contributed by atoms with Crippen LogP contribution in [-0.4, -0.2) is 21.4 Å². The van der Waals surface area contributed by atoms with Gasteiger partial charge in [-0.15, -0.1) is 5.16 Å². The Hall–Kier alpha value is -3.47. The van der Waals surface area contributed by atoms with Gasteiger partial charge < -0.3 is 10.9 Å². The summed E-state index contributed by atoms with van der Waals surface area (Å²) < 4.78 is 0. The lowest BCUT2D eigenvalue weighted by atomic mass is 9.70. The molecule has 0 amide bonds. The van der Waals surface area contributed by atoms with Crippen molar-refractivity contribution in [2.75, 3.05) is 5.73 Å².